The molecule has 0 aliphatic carbocycles. The Labute approximate surface area is 449 Å². The first-order chi connectivity index (χ1) is 36.2. The maximum Gasteiger partial charge on any atom is 0.472 e. The molecule has 11 nitrogen and oxygen atoms in total. The zero-order valence-corrected chi connectivity index (χ0v) is 46.9. The molecule has 74 heavy (non-hydrogen) atoms. The molecule has 0 amide bonds. The fraction of sp³-hybridized carbons (Fsp3) is 0.597. The van der Waals surface area contributed by atoms with Gasteiger partial charge in [0.25, 0.3) is 0 Å². The highest BCUT2D eigenvalue weighted by Gasteiger charge is 2.28. The van der Waals surface area contributed by atoms with Gasteiger partial charge in [-0.1, -0.05) is 199 Å². The third kappa shape index (κ3) is 52.5. The van der Waals surface area contributed by atoms with E-state index >= 15 is 0 Å². The number of unbranched alkanes of at least 4 members (excludes halogenated alkanes) is 11. The zero-order chi connectivity index (χ0) is 54.1. The number of aliphatic hydroxyl groups is 1. The topological polar surface area (TPSA) is 155 Å². The van der Waals surface area contributed by atoms with Gasteiger partial charge in [-0.15, -0.1) is 0 Å². The number of ether oxygens (including phenoxy) is 3. The largest absolute Gasteiger partial charge is 0.472 e. The molecule has 3 unspecified atom stereocenters. The van der Waals surface area contributed by atoms with Crippen LogP contribution in [0.1, 0.15) is 201 Å². The molecule has 0 aliphatic rings. The molecule has 0 aromatic heterocycles. The summed E-state index contributed by atoms with van der Waals surface area (Å²) in [5.41, 5.74) is 0. The smallest absolute Gasteiger partial charge is 0.462 e. The summed E-state index contributed by atoms with van der Waals surface area (Å²) in [6.07, 6.45) is 68.6. The van der Waals surface area contributed by atoms with E-state index in [-0.39, 0.29) is 25.9 Å². The van der Waals surface area contributed by atoms with Gasteiger partial charge in [0.05, 0.1) is 19.8 Å². The van der Waals surface area contributed by atoms with Crippen LogP contribution in [0.25, 0.3) is 0 Å². The van der Waals surface area contributed by atoms with Crippen molar-refractivity contribution in [3.63, 3.8) is 0 Å². The molecule has 0 spiro atoms. The lowest BCUT2D eigenvalue weighted by Crippen LogP contribution is -2.30. The SMILES string of the molecule is CC/C=C\C/C=C\C/C=C\C/C=C\CCCCCCC(=O)OCC(COP(=O)(O)OCC(CO)OC(=O)CC/C=C\C/C=C\C/C=C\C/C=C\CC)OC(=O)CCCCCCCCC/C=C\C/C=C\C/C=C\CC. The Balaban J connectivity index is 4.87. The van der Waals surface area contributed by atoms with Crippen LogP contribution in [0.4, 0.5) is 0 Å². The van der Waals surface area contributed by atoms with E-state index in [1.807, 2.05) is 18.2 Å². The first-order valence-corrected chi connectivity index (χ1v) is 29.6. The molecule has 0 aromatic carbocycles. The van der Waals surface area contributed by atoms with Gasteiger partial charge in [-0.05, 0) is 116 Å². The third-order valence-electron chi connectivity index (χ3n) is 11.1. The monoisotopic (exact) mass is 1050 g/mol. The molecule has 0 saturated carbocycles. The van der Waals surface area contributed by atoms with E-state index in [0.717, 1.165) is 141 Å². The van der Waals surface area contributed by atoms with E-state index in [0.29, 0.717) is 19.3 Å². The second-order valence-electron chi connectivity index (χ2n) is 18.0. The van der Waals surface area contributed by atoms with Gasteiger partial charge in [0.1, 0.15) is 12.7 Å². The molecule has 0 saturated heterocycles. The van der Waals surface area contributed by atoms with Crippen molar-refractivity contribution >= 4 is 25.7 Å². The average molecular weight is 1050 g/mol. The Bertz CT molecular complexity index is 1750. The summed E-state index contributed by atoms with van der Waals surface area (Å²) >= 11 is 0. The van der Waals surface area contributed by atoms with E-state index < -0.39 is 57.8 Å². The Morgan fingerprint density at radius 1 is 0.378 bits per heavy atom. The summed E-state index contributed by atoms with van der Waals surface area (Å²) in [5, 5.41) is 9.79. The fourth-order valence-electron chi connectivity index (χ4n) is 6.90. The van der Waals surface area contributed by atoms with Crippen molar-refractivity contribution in [2.45, 2.75) is 213 Å². The van der Waals surface area contributed by atoms with Gasteiger partial charge >= 0.3 is 25.7 Å². The van der Waals surface area contributed by atoms with Crippen LogP contribution in [-0.2, 0) is 42.2 Å². The van der Waals surface area contributed by atoms with Crippen LogP contribution in [0.3, 0.4) is 0 Å². The number of hydrogen-bond acceptors (Lipinski definition) is 10. The molecule has 0 heterocycles. The highest BCUT2D eigenvalue weighted by molar-refractivity contribution is 7.47. The van der Waals surface area contributed by atoms with E-state index in [4.69, 9.17) is 23.3 Å². The molecule has 0 bridgehead atoms. The molecule has 0 rings (SSSR count). The first kappa shape index (κ1) is 69.6. The van der Waals surface area contributed by atoms with Crippen LogP contribution in [-0.4, -0.2) is 66.5 Å². The Hall–Kier alpha value is -4.38. The van der Waals surface area contributed by atoms with E-state index in [9.17, 15) is 28.9 Å². The predicted octanol–water partition coefficient (Wildman–Crippen LogP) is 16.6. The molecular formula is C62H99O11P. The first-order valence-electron chi connectivity index (χ1n) is 28.1. The molecular weight excluding hydrogens is 952 g/mol. The van der Waals surface area contributed by atoms with Gasteiger partial charge in [0.15, 0.2) is 6.10 Å². The second-order valence-corrected chi connectivity index (χ2v) is 19.4. The van der Waals surface area contributed by atoms with E-state index in [1.54, 1.807) is 0 Å². The molecule has 0 aromatic rings. The minimum Gasteiger partial charge on any atom is -0.462 e. The second kappa shape index (κ2) is 54.9. The Morgan fingerprint density at radius 3 is 1.09 bits per heavy atom. The van der Waals surface area contributed by atoms with E-state index in [1.165, 1.54) is 0 Å². The number of hydrogen-bond donors (Lipinski definition) is 2. The van der Waals surface area contributed by atoms with Crippen LogP contribution < -0.4 is 0 Å². The van der Waals surface area contributed by atoms with E-state index in [2.05, 4.69) is 136 Å². The number of rotatable bonds is 50. The summed E-state index contributed by atoms with van der Waals surface area (Å²) in [5.74, 6) is -1.61. The highest BCUT2D eigenvalue weighted by Crippen LogP contribution is 2.43. The molecule has 3 atom stereocenters. The van der Waals surface area contributed by atoms with Crippen LogP contribution in [0.2, 0.25) is 0 Å². The standard InChI is InChI=1S/C62H99O11P/c1-4-7-10-13-16-19-22-25-27-29-31-34-36-39-42-45-48-51-60(64)69-55-59(73-62(66)53-50-47-44-41-38-35-32-30-28-26-23-20-17-14-11-8-5-2)57-71-74(67,68)70-56-58(54-63)72-61(65)52-49-46-43-40-37-33-24-21-18-15-12-9-6-3/h7-12,16-21,25-28,31,33-34,37,43,46,58-59,63H,4-6,13-15,22-24,29-30,32,35-36,38-42,44-45,47-57H2,1-3H3,(H,67,68)/b10-7-,11-8-,12-9-,19-16-,20-17-,21-18-,27-25-,28-26-,34-31-,37-33-,46-43-. The molecule has 0 aliphatic heterocycles. The maximum atomic E-state index is 12.9. The van der Waals surface area contributed by atoms with Gasteiger partial charge in [0, 0.05) is 19.3 Å². The number of esters is 3. The maximum absolute atomic E-state index is 12.9. The summed E-state index contributed by atoms with van der Waals surface area (Å²) in [6, 6.07) is 0. The molecule has 2 N–H and O–H groups in total. The molecule has 0 radical (unpaired) electrons. The number of carbonyl (C=O) groups is 3. The lowest BCUT2D eigenvalue weighted by Gasteiger charge is -2.21. The summed E-state index contributed by atoms with van der Waals surface area (Å²) in [4.78, 5) is 48.5. The summed E-state index contributed by atoms with van der Waals surface area (Å²) in [7, 11) is -4.78. The molecule has 418 valence electrons. The quantitative estimate of drug-likeness (QED) is 0.0197. The van der Waals surface area contributed by atoms with Gasteiger partial charge in [-0.25, -0.2) is 4.57 Å². The lowest BCUT2D eigenvalue weighted by atomic mass is 10.1. The Morgan fingerprint density at radius 2 is 0.689 bits per heavy atom. The number of aliphatic hydroxyl groups excluding tert-OH is 1. The van der Waals surface area contributed by atoms with Crippen molar-refractivity contribution in [2.24, 2.45) is 0 Å². The minimum absolute atomic E-state index is 0.0468. The van der Waals surface area contributed by atoms with Crippen molar-refractivity contribution < 1.29 is 52.2 Å². The van der Waals surface area contributed by atoms with Crippen LogP contribution in [0.5, 0.6) is 0 Å². The summed E-state index contributed by atoms with van der Waals surface area (Å²) in [6.45, 7) is 4.16. The number of carbonyl (C=O) groups excluding carboxylic acids is 3. The van der Waals surface area contributed by atoms with Gasteiger partial charge in [-0.2, -0.15) is 0 Å². The van der Waals surface area contributed by atoms with Crippen LogP contribution in [0, 0.1) is 0 Å². The van der Waals surface area contributed by atoms with Crippen molar-refractivity contribution in [1.82, 2.24) is 0 Å². The fourth-order valence-corrected chi connectivity index (χ4v) is 7.69. The molecule has 12 heteroatoms. The minimum atomic E-state index is -4.78. The van der Waals surface area contributed by atoms with Gasteiger partial charge in [0.2, 0.25) is 0 Å². The van der Waals surface area contributed by atoms with Crippen molar-refractivity contribution in [2.75, 3.05) is 26.4 Å². The number of phosphoric acid groups is 1. The predicted molar refractivity (Wildman–Crippen MR) is 306 cm³/mol. The lowest BCUT2D eigenvalue weighted by molar-refractivity contribution is -0.161. The van der Waals surface area contributed by atoms with Gasteiger partial charge in [-0.3, -0.25) is 23.4 Å². The van der Waals surface area contributed by atoms with Crippen molar-refractivity contribution in [3.8, 4) is 0 Å². The number of allylic oxidation sites excluding steroid dienone is 22. The zero-order valence-electron chi connectivity index (χ0n) is 46.0. The Kier molecular flexibility index (Phi) is 51.6. The van der Waals surface area contributed by atoms with Crippen molar-refractivity contribution in [3.05, 3.63) is 134 Å². The van der Waals surface area contributed by atoms with Crippen molar-refractivity contribution in [1.29, 1.82) is 0 Å². The van der Waals surface area contributed by atoms with Crippen LogP contribution in [0.15, 0.2) is 134 Å². The number of phosphoric ester groups is 1. The average Bonchev–Trinajstić information content (AvgIpc) is 3.39. The van der Waals surface area contributed by atoms with Gasteiger partial charge < -0.3 is 24.2 Å². The molecule has 0 fully saturated rings. The summed E-state index contributed by atoms with van der Waals surface area (Å²) < 4.78 is 39.4. The normalized spacial score (nSPS) is 14.4. The third-order valence-corrected chi connectivity index (χ3v) is 12.0. The highest BCUT2D eigenvalue weighted by atomic mass is 31.2. The van der Waals surface area contributed by atoms with Crippen LogP contribution >= 0.6 is 7.82 Å².